The Balaban J connectivity index is 2.26. The van der Waals surface area contributed by atoms with Crippen LogP contribution in [0.2, 0.25) is 0 Å². The summed E-state index contributed by atoms with van der Waals surface area (Å²) in [6.07, 6.45) is 3.83. The lowest BCUT2D eigenvalue weighted by Crippen LogP contribution is -2.20. The highest BCUT2D eigenvalue weighted by Crippen LogP contribution is 2.38. The molecule has 1 aromatic heterocycles. The molecule has 1 heterocycles. The number of carbonyl (C=O) groups excluding carboxylic acids is 1. The molecule has 0 spiro atoms. The van der Waals surface area contributed by atoms with E-state index in [-0.39, 0.29) is 18.0 Å². The third-order valence-corrected chi connectivity index (χ3v) is 4.70. The van der Waals surface area contributed by atoms with Gasteiger partial charge in [0.1, 0.15) is 17.0 Å². The van der Waals surface area contributed by atoms with E-state index in [0.29, 0.717) is 6.61 Å². The molecule has 0 amide bonds. The number of hydrogen-bond acceptors (Lipinski definition) is 5. The molecule has 5 heteroatoms. The molecule has 2 atom stereocenters. The number of nitrogens with zero attached hydrogens (tertiary/aromatic N) is 1. The Morgan fingerprint density at radius 3 is 2.95 bits per heavy atom. The second kappa shape index (κ2) is 6.48. The largest absolute Gasteiger partial charge is 0.465 e. The van der Waals surface area contributed by atoms with E-state index >= 15 is 0 Å². The SMILES string of the molecule is CCOC(=O)C1CCCc2sc(C(CC)OC)nc21. The van der Waals surface area contributed by atoms with Crippen molar-refractivity contribution < 1.29 is 14.3 Å². The van der Waals surface area contributed by atoms with E-state index in [1.165, 1.54) is 4.88 Å². The van der Waals surface area contributed by atoms with Crippen LogP contribution in [0.1, 0.15) is 60.7 Å². The molecule has 0 aromatic carbocycles. The zero-order chi connectivity index (χ0) is 13.8. The number of rotatable bonds is 5. The Morgan fingerprint density at radius 2 is 2.32 bits per heavy atom. The fourth-order valence-electron chi connectivity index (χ4n) is 2.49. The van der Waals surface area contributed by atoms with Crippen molar-refractivity contribution in [3.63, 3.8) is 0 Å². The van der Waals surface area contributed by atoms with Crippen molar-refractivity contribution in [3.05, 3.63) is 15.6 Å². The summed E-state index contributed by atoms with van der Waals surface area (Å²) < 4.78 is 10.6. The molecule has 4 nitrogen and oxygen atoms in total. The summed E-state index contributed by atoms with van der Waals surface area (Å²) in [4.78, 5) is 17.9. The summed E-state index contributed by atoms with van der Waals surface area (Å²) in [5.74, 6) is -0.311. The van der Waals surface area contributed by atoms with Crippen LogP contribution >= 0.6 is 11.3 Å². The quantitative estimate of drug-likeness (QED) is 0.778. The van der Waals surface area contributed by atoms with Crippen LogP contribution < -0.4 is 0 Å². The van der Waals surface area contributed by atoms with Gasteiger partial charge in [-0.1, -0.05) is 6.92 Å². The molecule has 0 bridgehead atoms. The number of ether oxygens (including phenoxy) is 2. The molecule has 106 valence electrons. The van der Waals surface area contributed by atoms with Gasteiger partial charge in [-0.3, -0.25) is 4.79 Å². The number of aryl methyl sites for hydroxylation is 1. The van der Waals surface area contributed by atoms with Crippen molar-refractivity contribution in [1.82, 2.24) is 4.98 Å². The molecule has 0 radical (unpaired) electrons. The Kier molecular flexibility index (Phi) is 4.93. The highest BCUT2D eigenvalue weighted by molar-refractivity contribution is 7.11. The molecule has 1 aliphatic carbocycles. The predicted molar refractivity (Wildman–Crippen MR) is 74.5 cm³/mol. The maximum absolute atomic E-state index is 12.0. The molecule has 0 aliphatic heterocycles. The minimum atomic E-state index is -0.178. The van der Waals surface area contributed by atoms with Gasteiger partial charge in [0.15, 0.2) is 0 Å². The summed E-state index contributed by atoms with van der Waals surface area (Å²) in [6.45, 7) is 4.35. The minimum absolute atomic E-state index is 0.0402. The van der Waals surface area contributed by atoms with Crippen LogP contribution in [0.4, 0.5) is 0 Å². The lowest BCUT2D eigenvalue weighted by molar-refractivity contribution is -0.145. The maximum Gasteiger partial charge on any atom is 0.315 e. The van der Waals surface area contributed by atoms with Gasteiger partial charge in [-0.2, -0.15) is 0 Å². The molecular weight excluding hydrogens is 262 g/mol. The van der Waals surface area contributed by atoms with E-state index in [1.54, 1.807) is 18.4 Å². The minimum Gasteiger partial charge on any atom is -0.465 e. The first-order valence-corrected chi connectivity index (χ1v) is 7.71. The monoisotopic (exact) mass is 283 g/mol. The molecule has 0 saturated heterocycles. The number of carbonyl (C=O) groups is 1. The lowest BCUT2D eigenvalue weighted by atomic mass is 9.91. The van der Waals surface area contributed by atoms with Gasteiger partial charge in [0, 0.05) is 12.0 Å². The van der Waals surface area contributed by atoms with E-state index in [4.69, 9.17) is 9.47 Å². The van der Waals surface area contributed by atoms with Gasteiger partial charge in [-0.15, -0.1) is 11.3 Å². The smallest absolute Gasteiger partial charge is 0.315 e. The molecular formula is C14H21NO3S. The number of methoxy groups -OCH3 is 1. The fourth-order valence-corrected chi connectivity index (χ4v) is 3.82. The number of aromatic nitrogens is 1. The third kappa shape index (κ3) is 2.98. The third-order valence-electron chi connectivity index (χ3n) is 3.47. The summed E-state index contributed by atoms with van der Waals surface area (Å²) in [6, 6.07) is 0. The highest BCUT2D eigenvalue weighted by Gasteiger charge is 2.32. The first-order chi connectivity index (χ1) is 9.21. The second-order valence-electron chi connectivity index (χ2n) is 4.69. The van der Waals surface area contributed by atoms with Gasteiger partial charge in [0.2, 0.25) is 0 Å². The summed E-state index contributed by atoms with van der Waals surface area (Å²) >= 11 is 1.69. The van der Waals surface area contributed by atoms with Crippen molar-refractivity contribution in [2.75, 3.05) is 13.7 Å². The molecule has 19 heavy (non-hydrogen) atoms. The Hall–Kier alpha value is -0.940. The Bertz CT molecular complexity index is 440. The van der Waals surface area contributed by atoms with Crippen LogP contribution in [0.25, 0.3) is 0 Å². The standard InChI is InChI=1S/C14H21NO3S/c1-4-10(17-3)13-15-12-9(14(16)18-5-2)7-6-8-11(12)19-13/h9-10H,4-8H2,1-3H3. The Morgan fingerprint density at radius 1 is 1.53 bits per heavy atom. The van der Waals surface area contributed by atoms with Crippen LogP contribution in [0.3, 0.4) is 0 Å². The number of fused-ring (bicyclic) bond motifs is 1. The van der Waals surface area contributed by atoms with Crippen molar-refractivity contribution in [3.8, 4) is 0 Å². The van der Waals surface area contributed by atoms with E-state index in [9.17, 15) is 4.79 Å². The number of thiazole rings is 1. The lowest BCUT2D eigenvalue weighted by Gasteiger charge is -2.19. The van der Waals surface area contributed by atoms with Gasteiger partial charge in [0.25, 0.3) is 0 Å². The van der Waals surface area contributed by atoms with Crippen molar-refractivity contribution in [1.29, 1.82) is 0 Å². The predicted octanol–water partition coefficient (Wildman–Crippen LogP) is 3.22. The van der Waals surface area contributed by atoms with Crippen LogP contribution in [0.5, 0.6) is 0 Å². The average molecular weight is 283 g/mol. The zero-order valence-corrected chi connectivity index (χ0v) is 12.6. The molecule has 2 rings (SSSR count). The van der Waals surface area contributed by atoms with Crippen LogP contribution in [-0.4, -0.2) is 24.7 Å². The van der Waals surface area contributed by atoms with Gasteiger partial charge >= 0.3 is 5.97 Å². The van der Waals surface area contributed by atoms with Gasteiger partial charge < -0.3 is 9.47 Å². The van der Waals surface area contributed by atoms with E-state index in [2.05, 4.69) is 11.9 Å². The van der Waals surface area contributed by atoms with E-state index in [0.717, 1.165) is 36.4 Å². The van der Waals surface area contributed by atoms with Gasteiger partial charge in [0.05, 0.1) is 12.3 Å². The Labute approximate surface area is 118 Å². The molecule has 0 saturated carbocycles. The highest BCUT2D eigenvalue weighted by atomic mass is 32.1. The molecule has 0 N–H and O–H groups in total. The van der Waals surface area contributed by atoms with Crippen molar-refractivity contribution >= 4 is 17.3 Å². The van der Waals surface area contributed by atoms with E-state index in [1.807, 2.05) is 6.92 Å². The summed E-state index contributed by atoms with van der Waals surface area (Å²) in [5, 5.41) is 0.992. The molecule has 0 fully saturated rings. The number of hydrogen-bond donors (Lipinski definition) is 0. The topological polar surface area (TPSA) is 48.4 Å². The molecule has 2 unspecified atom stereocenters. The van der Waals surface area contributed by atoms with Gasteiger partial charge in [-0.25, -0.2) is 4.98 Å². The van der Waals surface area contributed by atoms with Crippen LogP contribution in [-0.2, 0) is 20.7 Å². The first-order valence-electron chi connectivity index (χ1n) is 6.90. The van der Waals surface area contributed by atoms with Crippen LogP contribution in [0, 0.1) is 0 Å². The molecule has 1 aliphatic rings. The van der Waals surface area contributed by atoms with Crippen molar-refractivity contribution in [2.24, 2.45) is 0 Å². The summed E-state index contributed by atoms with van der Waals surface area (Å²) in [7, 11) is 1.71. The maximum atomic E-state index is 12.0. The average Bonchev–Trinajstić information content (AvgIpc) is 2.83. The normalized spacial score (nSPS) is 19.8. The second-order valence-corrected chi connectivity index (χ2v) is 5.81. The summed E-state index contributed by atoms with van der Waals surface area (Å²) in [5.41, 5.74) is 0.931. The van der Waals surface area contributed by atoms with Crippen molar-refractivity contribution in [2.45, 2.75) is 51.6 Å². The van der Waals surface area contributed by atoms with Crippen LogP contribution in [0.15, 0.2) is 0 Å². The van der Waals surface area contributed by atoms with E-state index < -0.39 is 0 Å². The zero-order valence-electron chi connectivity index (χ0n) is 11.8. The first kappa shape index (κ1) is 14.5. The molecule has 1 aromatic rings. The van der Waals surface area contributed by atoms with Gasteiger partial charge in [-0.05, 0) is 32.6 Å². The fraction of sp³-hybridized carbons (Fsp3) is 0.714. The number of esters is 1.